The quantitative estimate of drug-likeness (QED) is 0.836. The van der Waals surface area contributed by atoms with Crippen molar-refractivity contribution in [1.82, 2.24) is 4.31 Å². The van der Waals surface area contributed by atoms with Gasteiger partial charge < -0.3 is 5.73 Å². The molecule has 0 aliphatic heterocycles. The lowest BCUT2D eigenvalue weighted by Gasteiger charge is -2.25. The van der Waals surface area contributed by atoms with Crippen molar-refractivity contribution >= 4 is 15.7 Å². The van der Waals surface area contributed by atoms with Gasteiger partial charge in [0.2, 0.25) is 10.0 Å². The van der Waals surface area contributed by atoms with E-state index in [2.05, 4.69) is 0 Å². The maximum Gasteiger partial charge on any atom is 0.243 e. The van der Waals surface area contributed by atoms with Crippen molar-refractivity contribution in [2.24, 2.45) is 0 Å². The summed E-state index contributed by atoms with van der Waals surface area (Å²) in [5.74, 6) is 0. The zero-order chi connectivity index (χ0) is 13.9. The Morgan fingerprint density at radius 3 is 2.33 bits per heavy atom. The third-order valence-corrected chi connectivity index (χ3v) is 4.75. The molecule has 1 rings (SSSR count). The molecule has 2 N–H and O–H groups in total. The fourth-order valence-corrected chi connectivity index (χ4v) is 3.81. The van der Waals surface area contributed by atoms with Gasteiger partial charge in [-0.3, -0.25) is 0 Å². The number of hydrogen-bond acceptors (Lipinski definition) is 3. The van der Waals surface area contributed by atoms with Crippen molar-refractivity contribution in [1.29, 1.82) is 0 Å². The summed E-state index contributed by atoms with van der Waals surface area (Å²) in [4.78, 5) is 0.280. The molecule has 0 spiro atoms. The molecule has 0 fully saturated rings. The van der Waals surface area contributed by atoms with E-state index in [0.29, 0.717) is 12.2 Å². The number of anilines is 1. The van der Waals surface area contributed by atoms with E-state index in [1.807, 2.05) is 27.7 Å². The first kappa shape index (κ1) is 15.0. The van der Waals surface area contributed by atoms with Gasteiger partial charge in [-0.1, -0.05) is 6.92 Å². The Bertz CT molecular complexity index is 489. The fourth-order valence-electron chi connectivity index (χ4n) is 1.94. The molecule has 102 valence electrons. The summed E-state index contributed by atoms with van der Waals surface area (Å²) < 4.78 is 26.6. The van der Waals surface area contributed by atoms with Crippen molar-refractivity contribution in [3.8, 4) is 0 Å². The number of nitrogens with two attached hydrogens (primary N) is 1. The van der Waals surface area contributed by atoms with Gasteiger partial charge in [0, 0.05) is 18.3 Å². The van der Waals surface area contributed by atoms with Crippen LogP contribution in [0.2, 0.25) is 0 Å². The minimum Gasteiger partial charge on any atom is -0.399 e. The lowest BCUT2D eigenvalue weighted by molar-refractivity contribution is 0.354. The smallest absolute Gasteiger partial charge is 0.243 e. The molecule has 0 atom stereocenters. The molecule has 0 bridgehead atoms. The van der Waals surface area contributed by atoms with Crippen LogP contribution in [0.25, 0.3) is 0 Å². The molecule has 18 heavy (non-hydrogen) atoms. The third-order valence-electron chi connectivity index (χ3n) is 2.70. The second-order valence-corrected chi connectivity index (χ2v) is 6.68. The van der Waals surface area contributed by atoms with Crippen LogP contribution in [-0.2, 0) is 10.0 Å². The monoisotopic (exact) mass is 270 g/mol. The highest BCUT2D eigenvalue weighted by molar-refractivity contribution is 7.89. The highest BCUT2D eigenvalue weighted by atomic mass is 32.2. The Balaban J connectivity index is 3.26. The van der Waals surface area contributed by atoms with Crippen molar-refractivity contribution in [2.75, 3.05) is 12.3 Å². The first-order valence-corrected chi connectivity index (χ1v) is 7.62. The molecule has 0 aliphatic rings. The molecule has 5 heteroatoms. The van der Waals surface area contributed by atoms with Gasteiger partial charge in [-0.2, -0.15) is 4.31 Å². The van der Waals surface area contributed by atoms with E-state index < -0.39 is 10.0 Å². The van der Waals surface area contributed by atoms with Crippen molar-refractivity contribution < 1.29 is 8.42 Å². The molecule has 1 aromatic carbocycles. The van der Waals surface area contributed by atoms with E-state index in [1.165, 1.54) is 10.4 Å². The second kappa shape index (κ2) is 5.71. The molecule has 0 saturated carbocycles. The van der Waals surface area contributed by atoms with Crippen LogP contribution in [-0.4, -0.2) is 25.3 Å². The number of nitrogens with zero attached hydrogens (tertiary/aromatic N) is 1. The summed E-state index contributed by atoms with van der Waals surface area (Å²) in [5, 5.41) is 0. The molecule has 1 aromatic rings. The van der Waals surface area contributed by atoms with Gasteiger partial charge in [0.1, 0.15) is 0 Å². The topological polar surface area (TPSA) is 63.4 Å². The Morgan fingerprint density at radius 2 is 1.89 bits per heavy atom. The van der Waals surface area contributed by atoms with Crippen molar-refractivity contribution in [3.63, 3.8) is 0 Å². The van der Waals surface area contributed by atoms with Crippen LogP contribution in [0.4, 0.5) is 5.69 Å². The highest BCUT2D eigenvalue weighted by Crippen LogP contribution is 2.22. The van der Waals surface area contributed by atoms with E-state index in [1.54, 1.807) is 12.1 Å². The summed E-state index contributed by atoms with van der Waals surface area (Å²) in [7, 11) is -3.45. The average molecular weight is 270 g/mol. The Hall–Kier alpha value is -1.07. The van der Waals surface area contributed by atoms with E-state index in [-0.39, 0.29) is 10.9 Å². The SMILES string of the molecule is CCCN(C(C)C)S(=O)(=O)c1cc(C)cc(N)c1. The molecule has 0 amide bonds. The van der Waals surface area contributed by atoms with Crippen molar-refractivity contribution in [3.05, 3.63) is 23.8 Å². The molecule has 0 aliphatic carbocycles. The third kappa shape index (κ3) is 3.23. The fraction of sp³-hybridized carbons (Fsp3) is 0.538. The summed E-state index contributed by atoms with van der Waals surface area (Å²) in [6.07, 6.45) is 0.790. The van der Waals surface area contributed by atoms with Crippen LogP contribution in [0, 0.1) is 6.92 Å². The van der Waals surface area contributed by atoms with Gasteiger partial charge in [0.05, 0.1) is 4.90 Å². The number of rotatable bonds is 5. The molecular formula is C13H22N2O2S. The van der Waals surface area contributed by atoms with Crippen LogP contribution in [0.1, 0.15) is 32.8 Å². The van der Waals surface area contributed by atoms with Gasteiger partial charge in [-0.05, 0) is 51.0 Å². The van der Waals surface area contributed by atoms with Gasteiger partial charge in [0.15, 0.2) is 0 Å². The van der Waals surface area contributed by atoms with Crippen LogP contribution in [0.3, 0.4) is 0 Å². The van der Waals surface area contributed by atoms with Crippen LogP contribution < -0.4 is 5.73 Å². The second-order valence-electron chi connectivity index (χ2n) is 4.79. The first-order chi connectivity index (χ1) is 8.28. The van der Waals surface area contributed by atoms with Gasteiger partial charge in [-0.15, -0.1) is 0 Å². The molecule has 4 nitrogen and oxygen atoms in total. The molecule has 0 unspecified atom stereocenters. The van der Waals surface area contributed by atoms with E-state index >= 15 is 0 Å². The summed E-state index contributed by atoms with van der Waals surface area (Å²) in [6.45, 7) is 8.09. The Kier molecular flexibility index (Phi) is 4.76. The maximum absolute atomic E-state index is 12.5. The lowest BCUT2D eigenvalue weighted by atomic mass is 10.2. The Labute approximate surface area is 110 Å². The number of benzene rings is 1. The molecule has 0 heterocycles. The van der Waals surface area contributed by atoms with Crippen LogP contribution in [0.15, 0.2) is 23.1 Å². The molecule has 0 radical (unpaired) electrons. The predicted octanol–water partition coefficient (Wildman–Crippen LogP) is 2.39. The predicted molar refractivity (Wildman–Crippen MR) is 74.9 cm³/mol. The standard InChI is InChI=1S/C13H22N2O2S/c1-5-6-15(10(2)3)18(16,17)13-8-11(4)7-12(14)9-13/h7-10H,5-6,14H2,1-4H3. The summed E-state index contributed by atoms with van der Waals surface area (Å²) >= 11 is 0. The average Bonchev–Trinajstić information content (AvgIpc) is 2.23. The number of sulfonamides is 1. The van der Waals surface area contributed by atoms with Crippen LogP contribution in [0.5, 0.6) is 0 Å². The van der Waals surface area contributed by atoms with E-state index in [9.17, 15) is 8.42 Å². The molecule has 0 aromatic heterocycles. The normalized spacial score (nSPS) is 12.3. The zero-order valence-corrected chi connectivity index (χ0v) is 12.3. The number of aryl methyl sites for hydroxylation is 1. The molecule has 0 saturated heterocycles. The van der Waals surface area contributed by atoms with E-state index in [0.717, 1.165) is 12.0 Å². The zero-order valence-electron chi connectivity index (χ0n) is 11.5. The van der Waals surface area contributed by atoms with Gasteiger partial charge >= 0.3 is 0 Å². The lowest BCUT2D eigenvalue weighted by Crippen LogP contribution is -2.37. The van der Waals surface area contributed by atoms with E-state index in [4.69, 9.17) is 5.73 Å². The van der Waals surface area contributed by atoms with Gasteiger partial charge in [-0.25, -0.2) is 8.42 Å². The first-order valence-electron chi connectivity index (χ1n) is 6.18. The van der Waals surface area contributed by atoms with Crippen LogP contribution >= 0.6 is 0 Å². The largest absolute Gasteiger partial charge is 0.399 e. The number of hydrogen-bond donors (Lipinski definition) is 1. The summed E-state index contributed by atoms with van der Waals surface area (Å²) in [6, 6.07) is 4.89. The minimum absolute atomic E-state index is 0.0586. The minimum atomic E-state index is -3.45. The highest BCUT2D eigenvalue weighted by Gasteiger charge is 2.26. The number of nitrogen functional groups attached to an aromatic ring is 1. The Morgan fingerprint density at radius 1 is 1.28 bits per heavy atom. The molecular weight excluding hydrogens is 248 g/mol. The van der Waals surface area contributed by atoms with Crippen molar-refractivity contribution in [2.45, 2.75) is 45.1 Å². The van der Waals surface area contributed by atoms with Gasteiger partial charge in [0.25, 0.3) is 0 Å². The maximum atomic E-state index is 12.5. The summed E-state index contributed by atoms with van der Waals surface area (Å²) in [5.41, 5.74) is 7.06.